The number of hydrogen-bond donors (Lipinski definition) is 1. The van der Waals surface area contributed by atoms with Gasteiger partial charge in [0.05, 0.1) is 5.39 Å². The van der Waals surface area contributed by atoms with Crippen LogP contribution in [0.2, 0.25) is 0 Å². The molecule has 1 aliphatic rings. The summed E-state index contributed by atoms with van der Waals surface area (Å²) in [6.07, 6.45) is 4.34. The number of aryl methyl sites for hydroxylation is 1. The first-order valence-electron chi connectivity index (χ1n) is 9.47. The molecule has 1 fully saturated rings. The van der Waals surface area contributed by atoms with Gasteiger partial charge in [0.25, 0.3) is 11.5 Å². The fraction of sp³-hybridized carbons (Fsp3) is 0.500. The minimum atomic E-state index is -0.708. The van der Waals surface area contributed by atoms with Gasteiger partial charge in [-0.25, -0.2) is 9.48 Å². The molecule has 7 nitrogen and oxygen atoms in total. The number of nitrogens with one attached hydrogen (secondary N) is 1. The maximum Gasteiger partial charge on any atom is 0.359 e. The Kier molecular flexibility index (Phi) is 5.88. The molecule has 1 saturated carbocycles. The fourth-order valence-corrected chi connectivity index (χ4v) is 3.58. The van der Waals surface area contributed by atoms with E-state index in [1.54, 1.807) is 31.2 Å². The topological polar surface area (TPSA) is 90.3 Å². The number of ether oxygens (including phenoxy) is 1. The highest BCUT2D eigenvalue weighted by Crippen LogP contribution is 2.23. The lowest BCUT2D eigenvalue weighted by Crippen LogP contribution is -2.43. The normalized spacial score (nSPS) is 19.6. The third-order valence-electron chi connectivity index (χ3n) is 5.15. The molecule has 3 rings (SSSR count). The number of nitrogens with zero attached hydrogens (tertiary/aromatic N) is 2. The number of hydrogen-bond acceptors (Lipinski definition) is 5. The Morgan fingerprint density at radius 1 is 1.22 bits per heavy atom. The first kappa shape index (κ1) is 19.1. The Morgan fingerprint density at radius 2 is 1.93 bits per heavy atom. The summed E-state index contributed by atoms with van der Waals surface area (Å²) in [6.45, 7) is 3.88. The standard InChI is InChI=1S/C20H25N3O4/c1-3-23-19(25)15-10-6-5-9-14(15)18(22-23)20(26)27-12-17(24)21-16-11-7-4-8-13(16)2/h5-6,9-10,13,16H,3-4,7-8,11-12H2,1-2H3,(H,21,24)/t13-,16+/m1/s1. The smallest absolute Gasteiger partial charge is 0.359 e. The summed E-state index contributed by atoms with van der Waals surface area (Å²) in [4.78, 5) is 37.0. The van der Waals surface area contributed by atoms with Crippen LogP contribution in [0.4, 0.5) is 0 Å². The molecule has 1 aromatic heterocycles. The number of aromatic nitrogens is 2. The number of carbonyl (C=O) groups excluding carboxylic acids is 2. The van der Waals surface area contributed by atoms with Gasteiger partial charge in [0.1, 0.15) is 0 Å². The van der Waals surface area contributed by atoms with E-state index in [0.29, 0.717) is 23.2 Å². The van der Waals surface area contributed by atoms with Crippen molar-refractivity contribution in [3.05, 3.63) is 40.3 Å². The second-order valence-corrected chi connectivity index (χ2v) is 7.03. The largest absolute Gasteiger partial charge is 0.451 e. The summed E-state index contributed by atoms with van der Waals surface area (Å²) in [5.74, 6) is -0.590. The van der Waals surface area contributed by atoms with Gasteiger partial charge in [0.15, 0.2) is 12.3 Å². The molecule has 7 heteroatoms. The Morgan fingerprint density at radius 3 is 2.63 bits per heavy atom. The third-order valence-corrected chi connectivity index (χ3v) is 5.15. The minimum Gasteiger partial charge on any atom is -0.451 e. The highest BCUT2D eigenvalue weighted by molar-refractivity contribution is 6.02. The van der Waals surface area contributed by atoms with Crippen LogP contribution in [0.15, 0.2) is 29.1 Å². The van der Waals surface area contributed by atoms with Crippen molar-refractivity contribution in [2.24, 2.45) is 5.92 Å². The summed E-state index contributed by atoms with van der Waals surface area (Å²) in [5, 5.41) is 7.91. The maximum atomic E-state index is 12.5. The lowest BCUT2D eigenvalue weighted by atomic mass is 9.86. The Hall–Kier alpha value is -2.70. The Balaban J connectivity index is 1.72. The predicted octanol–water partition coefficient (Wildman–Crippen LogP) is 2.27. The summed E-state index contributed by atoms with van der Waals surface area (Å²) in [7, 11) is 0. The first-order valence-corrected chi connectivity index (χ1v) is 9.47. The molecular weight excluding hydrogens is 346 g/mol. The van der Waals surface area contributed by atoms with Gasteiger partial charge in [-0.2, -0.15) is 5.10 Å². The van der Waals surface area contributed by atoms with Crippen LogP contribution in [0.25, 0.3) is 10.8 Å². The van der Waals surface area contributed by atoms with Crippen molar-refractivity contribution < 1.29 is 14.3 Å². The van der Waals surface area contributed by atoms with Gasteiger partial charge in [-0.15, -0.1) is 0 Å². The molecule has 1 heterocycles. The van der Waals surface area contributed by atoms with Crippen LogP contribution in [0, 0.1) is 5.92 Å². The zero-order valence-electron chi connectivity index (χ0n) is 15.7. The molecule has 1 amide bonds. The monoisotopic (exact) mass is 371 g/mol. The minimum absolute atomic E-state index is 0.0471. The maximum absolute atomic E-state index is 12.5. The van der Waals surface area contributed by atoms with Gasteiger partial charge in [-0.1, -0.05) is 38.0 Å². The average molecular weight is 371 g/mol. The molecule has 1 N–H and O–H groups in total. The molecule has 0 aliphatic heterocycles. The zero-order chi connectivity index (χ0) is 19.4. The van der Waals surface area contributed by atoms with Gasteiger partial charge >= 0.3 is 5.97 Å². The second-order valence-electron chi connectivity index (χ2n) is 7.03. The van der Waals surface area contributed by atoms with Crippen molar-refractivity contribution in [2.45, 2.75) is 52.1 Å². The Bertz CT molecular complexity index is 906. The zero-order valence-corrected chi connectivity index (χ0v) is 15.7. The molecular formula is C20H25N3O4. The molecule has 0 saturated heterocycles. The molecule has 2 aromatic rings. The van der Waals surface area contributed by atoms with Crippen LogP contribution in [-0.4, -0.2) is 34.3 Å². The molecule has 1 aromatic carbocycles. The highest BCUT2D eigenvalue weighted by Gasteiger charge is 2.24. The number of esters is 1. The summed E-state index contributed by atoms with van der Waals surface area (Å²) >= 11 is 0. The molecule has 1 aliphatic carbocycles. The van der Waals surface area contributed by atoms with Crippen molar-refractivity contribution in [2.75, 3.05) is 6.61 Å². The first-order chi connectivity index (χ1) is 13.0. The van der Waals surface area contributed by atoms with Crippen LogP contribution in [0.1, 0.15) is 50.0 Å². The molecule has 144 valence electrons. The number of benzene rings is 1. The van der Waals surface area contributed by atoms with Crippen molar-refractivity contribution in [3.8, 4) is 0 Å². The quantitative estimate of drug-likeness (QED) is 0.814. The van der Waals surface area contributed by atoms with Crippen LogP contribution >= 0.6 is 0 Å². The van der Waals surface area contributed by atoms with Crippen LogP contribution < -0.4 is 10.9 Å². The van der Waals surface area contributed by atoms with Crippen LogP contribution in [0.5, 0.6) is 0 Å². The highest BCUT2D eigenvalue weighted by atomic mass is 16.5. The van der Waals surface area contributed by atoms with Gasteiger partial charge in [0, 0.05) is 18.0 Å². The molecule has 2 atom stereocenters. The Labute approximate surface area is 157 Å². The number of carbonyl (C=O) groups is 2. The average Bonchev–Trinajstić information content (AvgIpc) is 2.68. The van der Waals surface area contributed by atoms with Crippen molar-refractivity contribution in [1.82, 2.24) is 15.1 Å². The van der Waals surface area contributed by atoms with Crippen molar-refractivity contribution in [3.63, 3.8) is 0 Å². The SMILES string of the molecule is CCn1nc(C(=O)OCC(=O)N[C@H]2CCCC[C@H]2C)c2ccccc2c1=O. The molecule has 0 unspecified atom stereocenters. The van der Waals surface area contributed by atoms with E-state index >= 15 is 0 Å². The molecule has 0 bridgehead atoms. The third kappa shape index (κ3) is 4.18. The summed E-state index contributed by atoms with van der Waals surface area (Å²) < 4.78 is 6.41. The van der Waals surface area contributed by atoms with E-state index in [2.05, 4.69) is 17.3 Å². The van der Waals surface area contributed by atoms with E-state index in [0.717, 1.165) is 19.3 Å². The van der Waals surface area contributed by atoms with E-state index in [-0.39, 0.29) is 29.8 Å². The lowest BCUT2D eigenvalue weighted by Gasteiger charge is -2.29. The fourth-order valence-electron chi connectivity index (χ4n) is 3.58. The van der Waals surface area contributed by atoms with Gasteiger partial charge in [0.2, 0.25) is 0 Å². The van der Waals surface area contributed by atoms with Gasteiger partial charge in [-0.05, 0) is 31.7 Å². The van der Waals surface area contributed by atoms with Crippen LogP contribution in [0.3, 0.4) is 0 Å². The molecule has 0 spiro atoms. The summed E-state index contributed by atoms with van der Waals surface area (Å²) in [6, 6.07) is 6.90. The number of fused-ring (bicyclic) bond motifs is 1. The predicted molar refractivity (Wildman–Crippen MR) is 102 cm³/mol. The number of amides is 1. The van der Waals surface area contributed by atoms with Crippen molar-refractivity contribution in [1.29, 1.82) is 0 Å². The van der Waals surface area contributed by atoms with E-state index in [1.807, 2.05) is 0 Å². The molecule has 27 heavy (non-hydrogen) atoms. The van der Waals surface area contributed by atoms with Crippen LogP contribution in [-0.2, 0) is 16.1 Å². The van der Waals surface area contributed by atoms with E-state index in [9.17, 15) is 14.4 Å². The summed E-state index contributed by atoms with van der Waals surface area (Å²) in [5.41, 5.74) is -0.209. The lowest BCUT2D eigenvalue weighted by molar-refractivity contribution is -0.125. The van der Waals surface area contributed by atoms with Crippen molar-refractivity contribution >= 4 is 22.6 Å². The molecule has 0 radical (unpaired) electrons. The number of rotatable bonds is 5. The van der Waals surface area contributed by atoms with E-state index in [4.69, 9.17) is 4.74 Å². The van der Waals surface area contributed by atoms with E-state index in [1.165, 1.54) is 11.1 Å². The van der Waals surface area contributed by atoms with E-state index < -0.39 is 5.97 Å². The second kappa shape index (κ2) is 8.33. The van der Waals surface area contributed by atoms with Gasteiger partial charge < -0.3 is 10.1 Å². The van der Waals surface area contributed by atoms with Gasteiger partial charge in [-0.3, -0.25) is 9.59 Å².